The van der Waals surface area contributed by atoms with E-state index in [2.05, 4.69) is 4.99 Å². The van der Waals surface area contributed by atoms with Crippen LogP contribution in [0.5, 0.6) is 11.5 Å². The molecule has 2 rings (SSSR count). The van der Waals surface area contributed by atoms with Gasteiger partial charge in [-0.1, -0.05) is 30.3 Å². The highest BCUT2D eigenvalue weighted by atomic mass is 16.3. The van der Waals surface area contributed by atoms with Crippen LogP contribution in [-0.4, -0.2) is 22.5 Å². The smallest absolute Gasteiger partial charge is 0.124 e. The molecule has 1 unspecified atom stereocenters. The fourth-order valence-corrected chi connectivity index (χ4v) is 1.80. The summed E-state index contributed by atoms with van der Waals surface area (Å²) in [5, 5.41) is 19.5. The van der Waals surface area contributed by atoms with E-state index >= 15 is 0 Å². The standard InChI is InChI=1S/C17H18N2O2/c1-12(18)15(10-13-6-2-4-8-16(13)20)19-11-14-7-3-5-9-17(14)21/h2-12,20-21H,18H2,1H3. The summed E-state index contributed by atoms with van der Waals surface area (Å²) in [6, 6.07) is 13.6. The summed E-state index contributed by atoms with van der Waals surface area (Å²) < 4.78 is 0. The van der Waals surface area contributed by atoms with E-state index in [9.17, 15) is 10.2 Å². The number of hydrogen-bond donors (Lipinski definition) is 3. The van der Waals surface area contributed by atoms with Crippen molar-refractivity contribution in [2.75, 3.05) is 0 Å². The first kappa shape index (κ1) is 14.8. The van der Waals surface area contributed by atoms with Crippen LogP contribution in [0.1, 0.15) is 18.1 Å². The third-order valence-electron chi connectivity index (χ3n) is 3.00. The summed E-state index contributed by atoms with van der Waals surface area (Å²) in [5.41, 5.74) is 7.79. The first-order valence-corrected chi connectivity index (χ1v) is 6.65. The van der Waals surface area contributed by atoms with Crippen molar-refractivity contribution in [3.8, 4) is 11.5 Å². The summed E-state index contributed by atoms with van der Waals surface area (Å²) in [6.45, 7) is 1.81. The second-order valence-electron chi connectivity index (χ2n) is 4.73. The van der Waals surface area contributed by atoms with Gasteiger partial charge in [-0.3, -0.25) is 4.99 Å². The van der Waals surface area contributed by atoms with E-state index in [4.69, 9.17) is 5.73 Å². The molecule has 108 valence electrons. The van der Waals surface area contributed by atoms with Crippen LogP contribution >= 0.6 is 0 Å². The lowest BCUT2D eigenvalue weighted by atomic mass is 10.1. The number of aliphatic imine (C=N–C) groups is 1. The highest BCUT2D eigenvalue weighted by Gasteiger charge is 2.05. The van der Waals surface area contributed by atoms with Gasteiger partial charge in [0, 0.05) is 23.4 Å². The van der Waals surface area contributed by atoms with Gasteiger partial charge in [0.05, 0.1) is 5.70 Å². The maximum atomic E-state index is 9.79. The van der Waals surface area contributed by atoms with Crippen LogP contribution < -0.4 is 5.73 Å². The normalized spacial score (nSPS) is 13.5. The van der Waals surface area contributed by atoms with E-state index in [0.717, 1.165) is 0 Å². The Bertz CT molecular complexity index is 676. The lowest BCUT2D eigenvalue weighted by Gasteiger charge is -2.07. The van der Waals surface area contributed by atoms with E-state index in [0.29, 0.717) is 16.8 Å². The molecule has 0 aliphatic carbocycles. The van der Waals surface area contributed by atoms with Crippen LogP contribution in [0.3, 0.4) is 0 Å². The van der Waals surface area contributed by atoms with E-state index < -0.39 is 0 Å². The summed E-state index contributed by atoms with van der Waals surface area (Å²) >= 11 is 0. The molecular formula is C17H18N2O2. The molecule has 0 aromatic heterocycles. The topological polar surface area (TPSA) is 78.8 Å². The van der Waals surface area contributed by atoms with Crippen LogP contribution in [0, 0.1) is 0 Å². The number of phenols is 2. The van der Waals surface area contributed by atoms with Gasteiger partial charge in [0.15, 0.2) is 0 Å². The maximum absolute atomic E-state index is 9.79. The minimum atomic E-state index is -0.299. The molecule has 1 atom stereocenters. The van der Waals surface area contributed by atoms with Crippen molar-refractivity contribution in [1.82, 2.24) is 0 Å². The largest absolute Gasteiger partial charge is 0.507 e. The van der Waals surface area contributed by atoms with Crippen molar-refractivity contribution in [3.63, 3.8) is 0 Å². The van der Waals surface area contributed by atoms with Gasteiger partial charge in [-0.2, -0.15) is 0 Å². The number of para-hydroxylation sites is 2. The van der Waals surface area contributed by atoms with Crippen molar-refractivity contribution in [2.45, 2.75) is 13.0 Å². The predicted molar refractivity (Wildman–Crippen MR) is 85.4 cm³/mol. The Morgan fingerprint density at radius 3 is 2.05 bits per heavy atom. The molecule has 0 spiro atoms. The zero-order valence-electron chi connectivity index (χ0n) is 11.8. The summed E-state index contributed by atoms with van der Waals surface area (Å²) in [4.78, 5) is 4.33. The summed E-state index contributed by atoms with van der Waals surface area (Å²) in [5.74, 6) is 0.334. The number of nitrogens with two attached hydrogens (primary N) is 1. The molecule has 2 aromatic rings. The first-order valence-electron chi connectivity index (χ1n) is 6.65. The van der Waals surface area contributed by atoms with Crippen molar-refractivity contribution in [3.05, 3.63) is 65.4 Å². The third-order valence-corrected chi connectivity index (χ3v) is 3.00. The molecule has 0 aliphatic rings. The van der Waals surface area contributed by atoms with Gasteiger partial charge in [-0.05, 0) is 31.2 Å². The second-order valence-corrected chi connectivity index (χ2v) is 4.73. The van der Waals surface area contributed by atoms with E-state index in [-0.39, 0.29) is 17.5 Å². The van der Waals surface area contributed by atoms with Crippen LogP contribution in [-0.2, 0) is 0 Å². The fourth-order valence-electron chi connectivity index (χ4n) is 1.80. The van der Waals surface area contributed by atoms with Crippen LogP contribution in [0.2, 0.25) is 0 Å². The molecule has 0 amide bonds. The highest BCUT2D eigenvalue weighted by molar-refractivity contribution is 5.84. The Morgan fingerprint density at radius 2 is 1.52 bits per heavy atom. The minimum absolute atomic E-state index is 0.160. The molecule has 4 nitrogen and oxygen atoms in total. The lowest BCUT2D eigenvalue weighted by molar-refractivity contribution is 0.473. The molecule has 21 heavy (non-hydrogen) atoms. The molecule has 4 N–H and O–H groups in total. The van der Waals surface area contributed by atoms with Crippen LogP contribution in [0.25, 0.3) is 6.08 Å². The van der Waals surface area contributed by atoms with Gasteiger partial charge < -0.3 is 15.9 Å². The van der Waals surface area contributed by atoms with E-state index in [1.54, 1.807) is 48.7 Å². The molecule has 2 aromatic carbocycles. The lowest BCUT2D eigenvalue weighted by Crippen LogP contribution is -2.16. The Hall–Kier alpha value is -2.59. The Morgan fingerprint density at radius 1 is 1.00 bits per heavy atom. The monoisotopic (exact) mass is 282 g/mol. The zero-order valence-corrected chi connectivity index (χ0v) is 11.8. The van der Waals surface area contributed by atoms with Crippen molar-refractivity contribution >= 4 is 12.3 Å². The molecule has 0 heterocycles. The average molecular weight is 282 g/mol. The van der Waals surface area contributed by atoms with E-state index in [1.165, 1.54) is 0 Å². The highest BCUT2D eigenvalue weighted by Crippen LogP contribution is 2.21. The fraction of sp³-hybridized carbons (Fsp3) is 0.118. The molecule has 4 heteroatoms. The maximum Gasteiger partial charge on any atom is 0.124 e. The van der Waals surface area contributed by atoms with Crippen molar-refractivity contribution in [2.24, 2.45) is 10.7 Å². The van der Waals surface area contributed by atoms with E-state index in [1.807, 2.05) is 19.1 Å². The second kappa shape index (κ2) is 6.72. The van der Waals surface area contributed by atoms with Gasteiger partial charge in [0.25, 0.3) is 0 Å². The van der Waals surface area contributed by atoms with Gasteiger partial charge in [0.1, 0.15) is 11.5 Å². The Kier molecular flexibility index (Phi) is 4.74. The van der Waals surface area contributed by atoms with Gasteiger partial charge >= 0.3 is 0 Å². The molecule has 0 saturated heterocycles. The van der Waals surface area contributed by atoms with Crippen LogP contribution in [0.4, 0.5) is 0 Å². The summed E-state index contributed by atoms with van der Waals surface area (Å²) in [7, 11) is 0. The predicted octanol–water partition coefficient (Wildman–Crippen LogP) is 2.91. The average Bonchev–Trinajstić information content (AvgIpc) is 2.46. The number of benzene rings is 2. The molecule has 0 radical (unpaired) electrons. The first-order chi connectivity index (χ1) is 10.1. The third kappa shape index (κ3) is 3.94. The molecule has 0 fully saturated rings. The van der Waals surface area contributed by atoms with Crippen molar-refractivity contribution in [1.29, 1.82) is 0 Å². The van der Waals surface area contributed by atoms with Gasteiger partial charge in [0.2, 0.25) is 0 Å². The summed E-state index contributed by atoms with van der Waals surface area (Å²) in [6.07, 6.45) is 3.29. The SMILES string of the molecule is CC(N)C(=Cc1ccccc1O)N=Cc1ccccc1O. The van der Waals surface area contributed by atoms with Gasteiger partial charge in [-0.15, -0.1) is 0 Å². The Balaban J connectivity index is 2.33. The number of aromatic hydroxyl groups is 2. The van der Waals surface area contributed by atoms with Crippen LogP contribution in [0.15, 0.2) is 59.2 Å². The number of nitrogens with zero attached hydrogens (tertiary/aromatic N) is 1. The number of rotatable bonds is 4. The number of phenolic OH excluding ortho intramolecular Hbond substituents is 2. The van der Waals surface area contributed by atoms with Gasteiger partial charge in [-0.25, -0.2) is 0 Å². The molecule has 0 saturated carbocycles. The molecule has 0 aliphatic heterocycles. The molecule has 0 bridgehead atoms. The molecular weight excluding hydrogens is 264 g/mol. The minimum Gasteiger partial charge on any atom is -0.507 e. The quantitative estimate of drug-likeness (QED) is 0.754. The van der Waals surface area contributed by atoms with Crippen molar-refractivity contribution < 1.29 is 10.2 Å². The Labute approximate surface area is 123 Å². The zero-order chi connectivity index (χ0) is 15.2. The number of hydrogen-bond acceptors (Lipinski definition) is 4.